The number of rotatable bonds is 3. The Morgan fingerprint density at radius 3 is 2.69 bits per heavy atom. The summed E-state index contributed by atoms with van der Waals surface area (Å²) in [6.07, 6.45) is 3.96. The van der Waals surface area contributed by atoms with Crippen molar-refractivity contribution in [3.63, 3.8) is 0 Å². The van der Waals surface area contributed by atoms with Gasteiger partial charge in [0.15, 0.2) is 5.78 Å². The van der Waals surface area contributed by atoms with E-state index in [0.29, 0.717) is 24.7 Å². The third-order valence-corrected chi connectivity index (χ3v) is 6.75. The van der Waals surface area contributed by atoms with Crippen LogP contribution in [0.1, 0.15) is 47.0 Å². The van der Waals surface area contributed by atoms with Crippen LogP contribution in [0.4, 0.5) is 4.79 Å². The number of ketones is 1. The first-order chi connectivity index (χ1) is 12.2. The first-order valence-electron chi connectivity index (χ1n) is 9.37. The van der Waals surface area contributed by atoms with Crippen LogP contribution in [0.15, 0.2) is 23.0 Å². The van der Waals surface area contributed by atoms with Crippen molar-refractivity contribution in [3.8, 4) is 0 Å². The van der Waals surface area contributed by atoms with Gasteiger partial charge in [-0.15, -0.1) is 11.8 Å². The molecule has 0 bridgehead atoms. The summed E-state index contributed by atoms with van der Waals surface area (Å²) in [5.74, 6) is 1.79. The lowest BCUT2D eigenvalue weighted by Gasteiger charge is -2.34. The van der Waals surface area contributed by atoms with Crippen molar-refractivity contribution in [2.24, 2.45) is 5.92 Å². The average Bonchev–Trinajstić information content (AvgIpc) is 3.02. The first-order valence-corrected chi connectivity index (χ1v) is 10.4. The van der Waals surface area contributed by atoms with E-state index in [2.05, 4.69) is 6.92 Å². The van der Waals surface area contributed by atoms with Crippen LogP contribution in [0.3, 0.4) is 0 Å². The standard InChI is InChI=1S/C20H29NO4S/c1-13-16-11-24-10-15(16)9-17(22)18(13)26-12-14-5-7-21(8-6-14)19(23)25-20(2,3)4/h10,14,18H,5-9,11-12H2,1-4H3. The summed E-state index contributed by atoms with van der Waals surface area (Å²) in [6.45, 7) is 9.82. The van der Waals surface area contributed by atoms with Gasteiger partial charge in [0.25, 0.3) is 0 Å². The molecular formula is C20H29NO4S. The summed E-state index contributed by atoms with van der Waals surface area (Å²) in [5.41, 5.74) is 3.01. The first kappa shape index (κ1) is 19.3. The fraction of sp³-hybridized carbons (Fsp3) is 0.700. The fourth-order valence-corrected chi connectivity index (χ4v) is 5.10. The maximum Gasteiger partial charge on any atom is 0.410 e. The number of piperidine rings is 1. The summed E-state index contributed by atoms with van der Waals surface area (Å²) in [6, 6.07) is 0. The maximum absolute atomic E-state index is 12.5. The molecule has 2 aliphatic heterocycles. The molecule has 0 aromatic heterocycles. The molecule has 26 heavy (non-hydrogen) atoms. The zero-order valence-electron chi connectivity index (χ0n) is 16.2. The molecule has 0 N–H and O–H groups in total. The number of hydrogen-bond donors (Lipinski definition) is 0. The number of nitrogens with zero attached hydrogens (tertiary/aromatic N) is 1. The highest BCUT2D eigenvalue weighted by Gasteiger charge is 2.34. The Balaban J connectivity index is 1.48. The molecule has 1 amide bonds. The molecule has 5 nitrogen and oxygen atoms in total. The average molecular weight is 380 g/mol. The molecule has 2 heterocycles. The molecule has 1 atom stereocenters. The van der Waals surface area contributed by atoms with Gasteiger partial charge in [-0.1, -0.05) is 0 Å². The number of Topliss-reactive ketones (excluding diaryl/α,β-unsaturated/α-hetero) is 1. The number of likely N-dealkylation sites (tertiary alicyclic amines) is 1. The van der Waals surface area contributed by atoms with E-state index in [0.717, 1.165) is 37.3 Å². The van der Waals surface area contributed by atoms with Gasteiger partial charge in [-0.3, -0.25) is 4.79 Å². The zero-order valence-corrected chi connectivity index (χ0v) is 17.0. The van der Waals surface area contributed by atoms with Gasteiger partial charge >= 0.3 is 6.09 Å². The molecule has 0 aromatic carbocycles. The van der Waals surface area contributed by atoms with E-state index in [1.807, 2.05) is 20.8 Å². The van der Waals surface area contributed by atoms with Gasteiger partial charge in [0.1, 0.15) is 12.2 Å². The Morgan fingerprint density at radius 2 is 2.04 bits per heavy atom. The molecule has 1 saturated heterocycles. The molecule has 144 valence electrons. The van der Waals surface area contributed by atoms with Crippen LogP contribution in [-0.2, 0) is 14.3 Å². The van der Waals surface area contributed by atoms with E-state index in [-0.39, 0.29) is 11.3 Å². The lowest BCUT2D eigenvalue weighted by Crippen LogP contribution is -2.42. The molecule has 1 aliphatic carbocycles. The Morgan fingerprint density at radius 1 is 1.35 bits per heavy atom. The van der Waals surface area contributed by atoms with Gasteiger partial charge in [-0.05, 0) is 63.4 Å². The molecule has 1 fully saturated rings. The van der Waals surface area contributed by atoms with Crippen molar-refractivity contribution in [2.45, 2.75) is 57.8 Å². The second-order valence-corrected chi connectivity index (χ2v) is 9.52. The lowest BCUT2D eigenvalue weighted by molar-refractivity contribution is -0.117. The van der Waals surface area contributed by atoms with Gasteiger partial charge in [-0.25, -0.2) is 4.79 Å². The second kappa shape index (κ2) is 7.67. The minimum Gasteiger partial charge on any atom is -0.496 e. The van der Waals surface area contributed by atoms with Gasteiger partial charge < -0.3 is 14.4 Å². The Labute approximate surface area is 160 Å². The predicted molar refractivity (Wildman–Crippen MR) is 103 cm³/mol. The Hall–Kier alpha value is -1.43. The maximum atomic E-state index is 12.5. The quantitative estimate of drug-likeness (QED) is 0.743. The Bertz CT molecular complexity index is 639. The van der Waals surface area contributed by atoms with Crippen LogP contribution >= 0.6 is 11.8 Å². The van der Waals surface area contributed by atoms with Crippen LogP contribution in [0.2, 0.25) is 0 Å². The van der Waals surface area contributed by atoms with Crippen LogP contribution in [-0.4, -0.2) is 53.1 Å². The van der Waals surface area contributed by atoms with E-state index in [1.165, 1.54) is 11.1 Å². The SMILES string of the molecule is CC1=C2COC=C2CC(=O)C1SCC1CCN(C(=O)OC(C)(C)C)CC1. The molecule has 6 heteroatoms. The molecule has 1 unspecified atom stereocenters. The largest absolute Gasteiger partial charge is 0.496 e. The lowest BCUT2D eigenvalue weighted by atomic mass is 9.89. The van der Waals surface area contributed by atoms with Crippen LogP contribution in [0.5, 0.6) is 0 Å². The van der Waals surface area contributed by atoms with Crippen LogP contribution in [0, 0.1) is 5.92 Å². The molecule has 0 spiro atoms. The fourth-order valence-electron chi connectivity index (χ4n) is 3.64. The molecule has 3 aliphatic rings. The van der Waals surface area contributed by atoms with Crippen LogP contribution < -0.4 is 0 Å². The predicted octanol–water partition coefficient (Wildman–Crippen LogP) is 3.94. The van der Waals surface area contributed by atoms with E-state index >= 15 is 0 Å². The van der Waals surface area contributed by atoms with Crippen molar-refractivity contribution < 1.29 is 19.1 Å². The highest BCUT2D eigenvalue weighted by Crippen LogP contribution is 2.38. The molecular weight excluding hydrogens is 350 g/mol. The Kier molecular flexibility index (Phi) is 5.70. The van der Waals surface area contributed by atoms with Gasteiger partial charge in [0.05, 0.1) is 11.5 Å². The molecule has 0 radical (unpaired) electrons. The summed E-state index contributed by atoms with van der Waals surface area (Å²) in [5, 5.41) is -0.0345. The van der Waals surface area contributed by atoms with E-state index in [9.17, 15) is 9.59 Å². The number of carbonyl (C=O) groups excluding carboxylic acids is 2. The van der Waals surface area contributed by atoms with Gasteiger partial charge in [0.2, 0.25) is 0 Å². The summed E-state index contributed by atoms with van der Waals surface area (Å²) >= 11 is 1.76. The monoisotopic (exact) mass is 379 g/mol. The summed E-state index contributed by atoms with van der Waals surface area (Å²) < 4.78 is 10.8. The minimum atomic E-state index is -0.451. The van der Waals surface area contributed by atoms with Gasteiger partial charge in [0, 0.05) is 25.1 Å². The van der Waals surface area contributed by atoms with Crippen molar-refractivity contribution >= 4 is 23.6 Å². The van der Waals surface area contributed by atoms with Crippen molar-refractivity contribution in [2.75, 3.05) is 25.4 Å². The number of fused-ring (bicyclic) bond motifs is 1. The topological polar surface area (TPSA) is 55.8 Å². The van der Waals surface area contributed by atoms with E-state index in [4.69, 9.17) is 9.47 Å². The molecule has 0 saturated carbocycles. The molecule has 3 rings (SSSR count). The zero-order chi connectivity index (χ0) is 18.9. The van der Waals surface area contributed by atoms with E-state index in [1.54, 1.807) is 22.9 Å². The highest BCUT2D eigenvalue weighted by atomic mass is 32.2. The summed E-state index contributed by atoms with van der Waals surface area (Å²) in [7, 11) is 0. The smallest absolute Gasteiger partial charge is 0.410 e. The normalized spacial score (nSPS) is 24.3. The van der Waals surface area contributed by atoms with E-state index < -0.39 is 5.60 Å². The highest BCUT2D eigenvalue weighted by molar-refractivity contribution is 8.00. The third-order valence-electron chi connectivity index (χ3n) is 5.13. The molecule has 0 aromatic rings. The summed E-state index contributed by atoms with van der Waals surface area (Å²) in [4.78, 5) is 26.4. The number of carbonyl (C=O) groups is 2. The van der Waals surface area contributed by atoms with Crippen LogP contribution in [0.25, 0.3) is 0 Å². The third kappa shape index (κ3) is 4.45. The number of ether oxygens (including phenoxy) is 2. The number of amides is 1. The van der Waals surface area contributed by atoms with Crippen molar-refractivity contribution in [1.29, 1.82) is 0 Å². The second-order valence-electron chi connectivity index (χ2n) is 8.38. The number of hydrogen-bond acceptors (Lipinski definition) is 5. The number of thioether (sulfide) groups is 1. The van der Waals surface area contributed by atoms with Crippen molar-refractivity contribution in [1.82, 2.24) is 4.90 Å². The van der Waals surface area contributed by atoms with Gasteiger partial charge in [-0.2, -0.15) is 0 Å². The van der Waals surface area contributed by atoms with Crippen molar-refractivity contribution in [3.05, 3.63) is 23.0 Å². The minimum absolute atomic E-state index is 0.0345.